The van der Waals surface area contributed by atoms with Crippen LogP contribution in [0.3, 0.4) is 0 Å². The van der Waals surface area contributed by atoms with E-state index >= 15 is 0 Å². The second-order valence-electron chi connectivity index (χ2n) is 7.40. The molecule has 0 radical (unpaired) electrons. The van der Waals surface area contributed by atoms with E-state index < -0.39 is 17.2 Å². The molecule has 2 N–H and O–H groups in total. The monoisotopic (exact) mass is 407 g/mol. The van der Waals surface area contributed by atoms with Crippen LogP contribution in [0.2, 0.25) is 0 Å². The minimum absolute atomic E-state index is 0.0924. The summed E-state index contributed by atoms with van der Waals surface area (Å²) in [5, 5.41) is 5.95. The lowest BCUT2D eigenvalue weighted by atomic mass is 10.1. The Morgan fingerprint density at radius 2 is 1.70 bits per heavy atom. The highest BCUT2D eigenvalue weighted by atomic mass is 16.2. The van der Waals surface area contributed by atoms with Gasteiger partial charge in [-0.05, 0) is 42.7 Å². The van der Waals surface area contributed by atoms with E-state index in [0.29, 0.717) is 11.6 Å². The van der Waals surface area contributed by atoms with E-state index in [9.17, 15) is 19.2 Å². The van der Waals surface area contributed by atoms with Gasteiger partial charge in [0.15, 0.2) is 0 Å². The average molecular weight is 407 g/mol. The van der Waals surface area contributed by atoms with Crippen LogP contribution in [0.25, 0.3) is 11.0 Å². The van der Waals surface area contributed by atoms with Gasteiger partial charge in [0, 0.05) is 32.2 Å². The van der Waals surface area contributed by atoms with Gasteiger partial charge in [-0.15, -0.1) is 0 Å². The summed E-state index contributed by atoms with van der Waals surface area (Å²) < 4.78 is 2.23. The van der Waals surface area contributed by atoms with Gasteiger partial charge in [-0.1, -0.05) is 12.1 Å². The van der Waals surface area contributed by atoms with Crippen molar-refractivity contribution in [2.75, 3.05) is 0 Å². The number of hydrogen-bond donors (Lipinski definition) is 2. The Kier molecular flexibility index (Phi) is 4.94. The number of aromatic nitrogens is 3. The minimum Gasteiger partial charge on any atom is -0.349 e. The molecule has 4 rings (SSSR count). The minimum atomic E-state index is -0.511. The second kappa shape index (κ2) is 7.58. The second-order valence-corrected chi connectivity index (χ2v) is 7.40. The Balaban J connectivity index is 1.47. The Hall–Kier alpha value is -3.75. The molecule has 0 spiro atoms. The molecular formula is C21H21N5O4. The zero-order valence-corrected chi connectivity index (χ0v) is 16.6. The van der Waals surface area contributed by atoms with E-state index in [1.54, 1.807) is 24.3 Å². The third-order valence-corrected chi connectivity index (χ3v) is 5.12. The fourth-order valence-corrected chi connectivity index (χ4v) is 3.12. The van der Waals surface area contributed by atoms with E-state index in [0.717, 1.165) is 23.0 Å². The third kappa shape index (κ3) is 3.73. The molecule has 1 saturated carbocycles. The first-order valence-electron chi connectivity index (χ1n) is 9.60. The lowest BCUT2D eigenvalue weighted by molar-refractivity contribution is 0.0939. The highest BCUT2D eigenvalue weighted by molar-refractivity contribution is 5.95. The van der Waals surface area contributed by atoms with Crippen molar-refractivity contribution >= 4 is 22.8 Å². The van der Waals surface area contributed by atoms with Crippen LogP contribution in [-0.2, 0) is 20.6 Å². The summed E-state index contributed by atoms with van der Waals surface area (Å²) in [6.45, 7) is 0.249. The first-order chi connectivity index (χ1) is 14.3. The molecule has 1 aliphatic rings. The van der Waals surface area contributed by atoms with Crippen LogP contribution < -0.4 is 21.9 Å². The quantitative estimate of drug-likeness (QED) is 0.637. The van der Waals surface area contributed by atoms with E-state index in [2.05, 4.69) is 15.6 Å². The number of hydrogen-bond acceptors (Lipinski definition) is 5. The van der Waals surface area contributed by atoms with E-state index in [-0.39, 0.29) is 29.2 Å². The summed E-state index contributed by atoms with van der Waals surface area (Å²) in [4.78, 5) is 53.0. The largest absolute Gasteiger partial charge is 0.349 e. The maximum Gasteiger partial charge on any atom is 0.332 e. The lowest BCUT2D eigenvalue weighted by Gasteiger charge is -2.09. The van der Waals surface area contributed by atoms with E-state index in [1.807, 2.05) is 0 Å². The molecule has 2 aromatic heterocycles. The van der Waals surface area contributed by atoms with Crippen molar-refractivity contribution < 1.29 is 9.59 Å². The van der Waals surface area contributed by atoms with E-state index in [4.69, 9.17) is 0 Å². The Labute approximate surface area is 171 Å². The first kappa shape index (κ1) is 19.6. The molecule has 0 aliphatic heterocycles. The summed E-state index contributed by atoms with van der Waals surface area (Å²) in [7, 11) is 2.89. The molecule has 0 unspecified atom stereocenters. The normalized spacial score (nSPS) is 13.3. The highest BCUT2D eigenvalue weighted by Gasteiger charge is 2.23. The lowest BCUT2D eigenvalue weighted by Crippen LogP contribution is -2.37. The summed E-state index contributed by atoms with van der Waals surface area (Å²) in [5.41, 5.74) is 0.693. The van der Waals surface area contributed by atoms with Gasteiger partial charge in [0.1, 0.15) is 11.3 Å². The maximum atomic E-state index is 12.5. The van der Waals surface area contributed by atoms with Crippen molar-refractivity contribution in [3.63, 3.8) is 0 Å². The number of carbonyl (C=O) groups excluding carboxylic acids is 2. The zero-order valence-electron chi connectivity index (χ0n) is 16.6. The number of fused-ring (bicyclic) bond motifs is 1. The molecular weight excluding hydrogens is 386 g/mol. The topological polar surface area (TPSA) is 115 Å². The number of amides is 2. The van der Waals surface area contributed by atoms with Gasteiger partial charge in [0.25, 0.3) is 17.4 Å². The molecule has 0 atom stereocenters. The van der Waals surface area contributed by atoms with E-state index in [1.165, 1.54) is 30.8 Å². The molecule has 0 saturated heterocycles. The van der Waals surface area contributed by atoms with Crippen LogP contribution in [0.5, 0.6) is 0 Å². The summed E-state index contributed by atoms with van der Waals surface area (Å²) >= 11 is 0. The number of aryl methyl sites for hydroxylation is 1. The predicted molar refractivity (Wildman–Crippen MR) is 110 cm³/mol. The molecule has 154 valence electrons. The summed E-state index contributed by atoms with van der Waals surface area (Å²) in [5.74, 6) is -0.522. The number of nitrogens with zero attached hydrogens (tertiary/aromatic N) is 3. The van der Waals surface area contributed by atoms with Crippen LogP contribution >= 0.6 is 0 Å². The van der Waals surface area contributed by atoms with Crippen molar-refractivity contribution in [1.29, 1.82) is 0 Å². The summed E-state index contributed by atoms with van der Waals surface area (Å²) in [6.07, 6.45) is 2.06. The van der Waals surface area contributed by atoms with Gasteiger partial charge in [-0.2, -0.15) is 0 Å². The smallest absolute Gasteiger partial charge is 0.332 e. The molecule has 9 nitrogen and oxygen atoms in total. The third-order valence-electron chi connectivity index (χ3n) is 5.12. The molecule has 2 amide bonds. The van der Waals surface area contributed by atoms with Crippen molar-refractivity contribution in [2.45, 2.75) is 25.4 Å². The van der Waals surface area contributed by atoms with Gasteiger partial charge in [0.2, 0.25) is 0 Å². The molecule has 1 aromatic carbocycles. The number of benzene rings is 1. The zero-order chi connectivity index (χ0) is 21.4. The molecule has 9 heteroatoms. The Morgan fingerprint density at radius 3 is 2.37 bits per heavy atom. The van der Waals surface area contributed by atoms with Crippen molar-refractivity contribution in [3.8, 4) is 0 Å². The van der Waals surface area contributed by atoms with Crippen molar-refractivity contribution in [3.05, 3.63) is 74.1 Å². The molecule has 1 aliphatic carbocycles. The molecule has 2 heterocycles. The number of carbonyl (C=O) groups is 2. The number of rotatable bonds is 5. The van der Waals surface area contributed by atoms with Crippen LogP contribution in [-0.4, -0.2) is 32.0 Å². The standard InChI is InChI=1S/C21H21N5O4/c1-25-17-15(20(29)26(2)21(25)30)9-10-16(24-17)19(28)22-11-12-3-5-13(6-4-12)18(27)23-14-7-8-14/h3-6,9-10,14H,7-8,11H2,1-2H3,(H,22,28)(H,23,27). The molecule has 30 heavy (non-hydrogen) atoms. The van der Waals surface area contributed by atoms with Gasteiger partial charge in [0.05, 0.1) is 5.39 Å². The fraction of sp³-hybridized carbons (Fsp3) is 0.286. The van der Waals surface area contributed by atoms with Gasteiger partial charge in [-0.3, -0.25) is 23.5 Å². The molecule has 3 aromatic rings. The highest BCUT2D eigenvalue weighted by Crippen LogP contribution is 2.19. The van der Waals surface area contributed by atoms with Crippen LogP contribution in [0.4, 0.5) is 0 Å². The number of pyridine rings is 1. The van der Waals surface area contributed by atoms with Gasteiger partial charge >= 0.3 is 5.69 Å². The van der Waals surface area contributed by atoms with Crippen LogP contribution in [0, 0.1) is 0 Å². The van der Waals surface area contributed by atoms with Crippen molar-refractivity contribution in [1.82, 2.24) is 24.8 Å². The molecule has 0 bridgehead atoms. The predicted octanol–water partition coefficient (Wildman–Crippen LogP) is 0.454. The SMILES string of the molecule is Cn1c(=O)c2ccc(C(=O)NCc3ccc(C(=O)NC4CC4)cc3)nc2n(C)c1=O. The maximum absolute atomic E-state index is 12.5. The van der Waals surface area contributed by atoms with Crippen molar-refractivity contribution in [2.24, 2.45) is 14.1 Å². The van der Waals surface area contributed by atoms with Gasteiger partial charge in [-0.25, -0.2) is 9.78 Å². The van der Waals surface area contributed by atoms with Crippen LogP contribution in [0.15, 0.2) is 46.0 Å². The van der Waals surface area contributed by atoms with Gasteiger partial charge < -0.3 is 10.6 Å². The molecule has 1 fully saturated rings. The van der Waals surface area contributed by atoms with Crippen LogP contribution in [0.1, 0.15) is 39.3 Å². The number of nitrogens with one attached hydrogen (secondary N) is 2. The first-order valence-corrected chi connectivity index (χ1v) is 9.60. The summed E-state index contributed by atoms with van der Waals surface area (Å²) in [6, 6.07) is 10.2. The Morgan fingerprint density at radius 1 is 1.00 bits per heavy atom. The average Bonchev–Trinajstić information content (AvgIpc) is 3.58. The Bertz CT molecular complexity index is 1270. The fourth-order valence-electron chi connectivity index (χ4n) is 3.12.